The molecule has 1 N–H and O–H groups in total. The molecule has 6 nitrogen and oxygen atoms in total. The van der Waals surface area contributed by atoms with Crippen LogP contribution in [0.25, 0.3) is 15.9 Å². The molecule has 26 heavy (non-hydrogen) atoms. The molecule has 4 heterocycles. The molecular formula is C19H18N6S. The van der Waals surface area contributed by atoms with Crippen molar-refractivity contribution >= 4 is 39.1 Å². The maximum atomic E-state index is 4.80. The highest BCUT2D eigenvalue weighted by Crippen LogP contribution is 2.31. The fraction of sp³-hybridized carbons (Fsp3) is 0.211. The third-order valence-corrected chi connectivity index (χ3v) is 5.47. The Morgan fingerprint density at radius 1 is 1.00 bits per heavy atom. The zero-order chi connectivity index (χ0) is 17.3. The van der Waals surface area contributed by atoms with Crippen LogP contribution in [0.1, 0.15) is 12.8 Å². The average molecular weight is 362 g/mol. The predicted molar refractivity (Wildman–Crippen MR) is 106 cm³/mol. The quantitative estimate of drug-likeness (QED) is 0.589. The van der Waals surface area contributed by atoms with Crippen LogP contribution in [0.15, 0.2) is 54.3 Å². The van der Waals surface area contributed by atoms with E-state index in [-0.39, 0.29) is 0 Å². The number of hydrogen-bond donors (Lipinski definition) is 1. The number of nitrogens with zero attached hydrogens (tertiary/aromatic N) is 5. The second-order valence-corrected chi connectivity index (χ2v) is 7.24. The van der Waals surface area contributed by atoms with Gasteiger partial charge in [0.15, 0.2) is 5.82 Å². The van der Waals surface area contributed by atoms with Crippen LogP contribution in [0.5, 0.6) is 0 Å². The molecule has 5 rings (SSSR count). The second kappa shape index (κ2) is 6.42. The first kappa shape index (κ1) is 15.3. The molecule has 7 heteroatoms. The number of para-hydroxylation sites is 1. The van der Waals surface area contributed by atoms with Gasteiger partial charge in [-0.25, -0.2) is 9.97 Å². The first-order valence-corrected chi connectivity index (χ1v) is 9.61. The Kier molecular flexibility index (Phi) is 3.79. The van der Waals surface area contributed by atoms with Crippen molar-refractivity contribution in [1.82, 2.24) is 19.5 Å². The lowest BCUT2D eigenvalue weighted by Gasteiger charge is -2.16. The largest absolute Gasteiger partial charge is 0.341 e. The molecule has 1 aliphatic rings. The molecule has 0 unspecified atom stereocenters. The standard InChI is InChI=1S/C19H18N6S/c1-2-6-14(7-3-1)25-12-16(20-13-25)22-18-17-15(8-11-26-17)21-19(23-18)24-9-4-5-10-24/h1-3,6-8,11-13H,4-5,9-10H2,(H,21,22,23). The summed E-state index contributed by atoms with van der Waals surface area (Å²) >= 11 is 1.65. The van der Waals surface area contributed by atoms with Crippen molar-refractivity contribution in [2.45, 2.75) is 12.8 Å². The van der Waals surface area contributed by atoms with Gasteiger partial charge in [0.2, 0.25) is 5.95 Å². The molecule has 4 aromatic rings. The molecule has 130 valence electrons. The monoisotopic (exact) mass is 362 g/mol. The molecule has 0 saturated carbocycles. The van der Waals surface area contributed by atoms with Crippen LogP contribution in [-0.2, 0) is 0 Å². The fourth-order valence-corrected chi connectivity index (χ4v) is 4.02. The van der Waals surface area contributed by atoms with Crippen molar-refractivity contribution in [1.29, 1.82) is 0 Å². The van der Waals surface area contributed by atoms with E-state index in [2.05, 4.69) is 38.8 Å². The molecule has 1 aliphatic heterocycles. The molecule has 0 amide bonds. The van der Waals surface area contributed by atoms with Gasteiger partial charge in [0.1, 0.15) is 12.1 Å². The molecule has 0 spiro atoms. The van der Waals surface area contributed by atoms with Crippen LogP contribution in [0, 0.1) is 0 Å². The van der Waals surface area contributed by atoms with Gasteiger partial charge in [0, 0.05) is 18.8 Å². The number of anilines is 3. The van der Waals surface area contributed by atoms with Gasteiger partial charge in [-0.15, -0.1) is 11.3 Å². The number of thiophene rings is 1. The first-order chi connectivity index (χ1) is 12.9. The molecule has 0 aliphatic carbocycles. The summed E-state index contributed by atoms with van der Waals surface area (Å²) in [5, 5.41) is 5.44. The molecule has 0 bridgehead atoms. The van der Waals surface area contributed by atoms with E-state index >= 15 is 0 Å². The van der Waals surface area contributed by atoms with Crippen molar-refractivity contribution < 1.29 is 0 Å². The number of fused-ring (bicyclic) bond motifs is 1. The molecule has 3 aromatic heterocycles. The van der Waals surface area contributed by atoms with Crippen LogP contribution in [0.2, 0.25) is 0 Å². The summed E-state index contributed by atoms with van der Waals surface area (Å²) in [6.07, 6.45) is 6.20. The Balaban J connectivity index is 1.49. The molecule has 1 saturated heterocycles. The van der Waals surface area contributed by atoms with E-state index in [1.54, 1.807) is 11.3 Å². The lowest BCUT2D eigenvalue weighted by atomic mass is 10.3. The number of rotatable bonds is 4. The molecule has 1 fully saturated rings. The van der Waals surface area contributed by atoms with Crippen LogP contribution in [0.3, 0.4) is 0 Å². The van der Waals surface area contributed by atoms with Crippen molar-refractivity contribution in [3.8, 4) is 5.69 Å². The Labute approximate surface area is 155 Å². The van der Waals surface area contributed by atoms with Crippen molar-refractivity contribution in [2.75, 3.05) is 23.3 Å². The second-order valence-electron chi connectivity index (χ2n) is 6.33. The van der Waals surface area contributed by atoms with Gasteiger partial charge in [0.25, 0.3) is 0 Å². The van der Waals surface area contributed by atoms with Gasteiger partial charge >= 0.3 is 0 Å². The summed E-state index contributed by atoms with van der Waals surface area (Å²) in [5.74, 6) is 2.40. The van der Waals surface area contributed by atoms with Crippen molar-refractivity contribution in [3.05, 3.63) is 54.3 Å². The molecule has 0 radical (unpaired) electrons. The minimum atomic E-state index is 0.773. The topological polar surface area (TPSA) is 58.9 Å². The van der Waals surface area contributed by atoms with Crippen LogP contribution >= 0.6 is 11.3 Å². The maximum absolute atomic E-state index is 4.80. The van der Waals surface area contributed by atoms with E-state index in [1.165, 1.54) is 12.8 Å². The SMILES string of the molecule is c1ccc(-n2cnc(Nc3nc(N4CCCC4)nc4ccsc34)c2)cc1. The van der Waals surface area contributed by atoms with E-state index in [0.29, 0.717) is 0 Å². The van der Waals surface area contributed by atoms with E-state index in [0.717, 1.165) is 46.6 Å². The predicted octanol–water partition coefficient (Wildman–Crippen LogP) is 4.22. The summed E-state index contributed by atoms with van der Waals surface area (Å²) in [4.78, 5) is 16.3. The Morgan fingerprint density at radius 3 is 2.69 bits per heavy atom. The lowest BCUT2D eigenvalue weighted by Crippen LogP contribution is -2.20. The number of imidazole rings is 1. The summed E-state index contributed by atoms with van der Waals surface area (Å²) in [5.41, 5.74) is 2.06. The van der Waals surface area contributed by atoms with Gasteiger partial charge in [-0.05, 0) is 36.4 Å². The van der Waals surface area contributed by atoms with E-state index in [1.807, 2.05) is 35.3 Å². The Bertz CT molecular complexity index is 1030. The highest BCUT2D eigenvalue weighted by molar-refractivity contribution is 7.17. The minimum Gasteiger partial charge on any atom is -0.341 e. The zero-order valence-corrected chi connectivity index (χ0v) is 15.0. The van der Waals surface area contributed by atoms with Gasteiger partial charge in [-0.3, -0.25) is 0 Å². The number of nitrogens with one attached hydrogen (secondary N) is 1. The van der Waals surface area contributed by atoms with E-state index in [4.69, 9.17) is 9.97 Å². The van der Waals surface area contributed by atoms with Crippen LogP contribution < -0.4 is 10.2 Å². The summed E-state index contributed by atoms with van der Waals surface area (Å²) in [7, 11) is 0. The fourth-order valence-electron chi connectivity index (χ4n) is 3.24. The zero-order valence-electron chi connectivity index (χ0n) is 14.2. The summed E-state index contributed by atoms with van der Waals surface area (Å²) < 4.78 is 3.05. The smallest absolute Gasteiger partial charge is 0.227 e. The van der Waals surface area contributed by atoms with Gasteiger partial charge < -0.3 is 14.8 Å². The Hall–Kier alpha value is -2.93. The summed E-state index contributed by atoms with van der Waals surface area (Å²) in [6, 6.07) is 12.2. The Morgan fingerprint density at radius 2 is 1.85 bits per heavy atom. The normalized spacial score (nSPS) is 14.2. The lowest BCUT2D eigenvalue weighted by molar-refractivity contribution is 0.909. The molecular weight excluding hydrogens is 344 g/mol. The number of benzene rings is 1. The van der Waals surface area contributed by atoms with Crippen LogP contribution in [0.4, 0.5) is 17.6 Å². The highest BCUT2D eigenvalue weighted by atomic mass is 32.1. The maximum Gasteiger partial charge on any atom is 0.227 e. The highest BCUT2D eigenvalue weighted by Gasteiger charge is 2.18. The molecule has 1 aromatic carbocycles. The third kappa shape index (κ3) is 2.80. The average Bonchev–Trinajstić information content (AvgIpc) is 3.43. The number of hydrogen-bond acceptors (Lipinski definition) is 6. The van der Waals surface area contributed by atoms with Gasteiger partial charge in [0.05, 0.1) is 16.4 Å². The van der Waals surface area contributed by atoms with Crippen molar-refractivity contribution in [2.24, 2.45) is 0 Å². The number of aromatic nitrogens is 4. The van der Waals surface area contributed by atoms with Crippen LogP contribution in [-0.4, -0.2) is 32.6 Å². The van der Waals surface area contributed by atoms with Gasteiger partial charge in [-0.2, -0.15) is 4.98 Å². The minimum absolute atomic E-state index is 0.773. The first-order valence-electron chi connectivity index (χ1n) is 8.73. The van der Waals surface area contributed by atoms with E-state index < -0.39 is 0 Å². The third-order valence-electron chi connectivity index (χ3n) is 4.56. The molecule has 0 atom stereocenters. The van der Waals surface area contributed by atoms with Gasteiger partial charge in [-0.1, -0.05) is 18.2 Å². The van der Waals surface area contributed by atoms with E-state index in [9.17, 15) is 0 Å². The van der Waals surface area contributed by atoms with Crippen molar-refractivity contribution in [3.63, 3.8) is 0 Å². The summed E-state index contributed by atoms with van der Waals surface area (Å²) in [6.45, 7) is 2.05.